The zero-order chi connectivity index (χ0) is 22.7. The van der Waals surface area contributed by atoms with Crippen molar-refractivity contribution >= 4 is 34.9 Å². The number of ketones is 2. The van der Waals surface area contributed by atoms with Crippen molar-refractivity contribution in [1.82, 2.24) is 0 Å². The van der Waals surface area contributed by atoms with Gasteiger partial charge in [0.1, 0.15) is 18.4 Å². The van der Waals surface area contributed by atoms with Crippen LogP contribution in [0.1, 0.15) is 51.5 Å². The minimum absolute atomic E-state index is 0.0520. The molecule has 8 nitrogen and oxygen atoms in total. The SMILES string of the molecule is CC[C@H](C(=N)C(=O)CCCC(=O)C(=N)[C@@H](CC)C(=O)OCc1ccccc1)C(=O)O. The molecule has 0 unspecified atom stereocenters. The van der Waals surface area contributed by atoms with E-state index in [4.69, 9.17) is 20.7 Å². The Morgan fingerprint density at radius 3 is 1.87 bits per heavy atom. The zero-order valence-electron chi connectivity index (χ0n) is 17.3. The number of hydrogen-bond donors (Lipinski definition) is 3. The second-order valence-corrected chi connectivity index (χ2v) is 6.88. The molecule has 30 heavy (non-hydrogen) atoms. The number of rotatable bonds is 14. The van der Waals surface area contributed by atoms with Gasteiger partial charge >= 0.3 is 11.9 Å². The first-order valence-electron chi connectivity index (χ1n) is 9.89. The summed E-state index contributed by atoms with van der Waals surface area (Å²) in [5, 5.41) is 24.8. The molecule has 1 aromatic rings. The smallest absolute Gasteiger partial charge is 0.315 e. The first-order valence-corrected chi connectivity index (χ1v) is 9.89. The second kappa shape index (κ2) is 12.4. The molecule has 0 amide bonds. The fourth-order valence-corrected chi connectivity index (χ4v) is 2.89. The summed E-state index contributed by atoms with van der Waals surface area (Å²) >= 11 is 0. The highest BCUT2D eigenvalue weighted by Gasteiger charge is 2.29. The summed E-state index contributed by atoms with van der Waals surface area (Å²) in [5.74, 6) is -5.21. The van der Waals surface area contributed by atoms with Crippen LogP contribution < -0.4 is 0 Å². The van der Waals surface area contributed by atoms with E-state index in [0.29, 0.717) is 0 Å². The average molecular weight is 416 g/mol. The molecule has 0 heterocycles. The minimum Gasteiger partial charge on any atom is -0.481 e. The largest absolute Gasteiger partial charge is 0.481 e. The van der Waals surface area contributed by atoms with Crippen molar-refractivity contribution < 1.29 is 29.0 Å². The summed E-state index contributed by atoms with van der Waals surface area (Å²) in [6.07, 6.45) is 0.153. The van der Waals surface area contributed by atoms with Gasteiger partial charge in [0.05, 0.1) is 11.4 Å². The van der Waals surface area contributed by atoms with Gasteiger partial charge in [-0.3, -0.25) is 19.2 Å². The van der Waals surface area contributed by atoms with Crippen molar-refractivity contribution in [2.45, 2.75) is 52.6 Å². The standard InChI is InChI=1S/C22H28N2O6/c1-3-15(21(27)28)19(23)17(25)11-8-12-18(26)20(24)16(4-2)22(29)30-13-14-9-6-5-7-10-14/h5-7,9-10,15-16,23-24H,3-4,8,11-13H2,1-2H3,(H,27,28)/t15-,16-/m1/s1. The number of esters is 1. The molecule has 0 aliphatic rings. The summed E-state index contributed by atoms with van der Waals surface area (Å²) in [7, 11) is 0. The predicted molar refractivity (Wildman–Crippen MR) is 111 cm³/mol. The minimum atomic E-state index is -1.23. The van der Waals surface area contributed by atoms with E-state index in [9.17, 15) is 19.2 Å². The molecule has 0 spiro atoms. The normalized spacial score (nSPS) is 12.5. The van der Waals surface area contributed by atoms with Crippen LogP contribution in [0.4, 0.5) is 0 Å². The van der Waals surface area contributed by atoms with Gasteiger partial charge in [0.25, 0.3) is 0 Å². The van der Waals surface area contributed by atoms with Crippen molar-refractivity contribution in [3.8, 4) is 0 Å². The van der Waals surface area contributed by atoms with E-state index in [1.54, 1.807) is 26.0 Å². The molecule has 0 aliphatic heterocycles. The van der Waals surface area contributed by atoms with Gasteiger partial charge in [0.2, 0.25) is 0 Å². The maximum atomic E-state index is 12.3. The van der Waals surface area contributed by atoms with Crippen LogP contribution in [-0.2, 0) is 30.5 Å². The van der Waals surface area contributed by atoms with Gasteiger partial charge in [-0.1, -0.05) is 44.2 Å². The molecule has 162 valence electrons. The van der Waals surface area contributed by atoms with Crippen LogP contribution in [0, 0.1) is 22.7 Å². The lowest BCUT2D eigenvalue weighted by atomic mass is 9.92. The van der Waals surface area contributed by atoms with E-state index in [2.05, 4.69) is 0 Å². The Kier molecular flexibility index (Phi) is 10.3. The van der Waals surface area contributed by atoms with Gasteiger partial charge in [-0.15, -0.1) is 0 Å². The first-order chi connectivity index (χ1) is 14.2. The van der Waals surface area contributed by atoms with Gasteiger partial charge < -0.3 is 20.7 Å². The molecule has 0 bridgehead atoms. The van der Waals surface area contributed by atoms with Crippen molar-refractivity contribution in [3.63, 3.8) is 0 Å². The Morgan fingerprint density at radius 2 is 1.40 bits per heavy atom. The van der Waals surface area contributed by atoms with Crippen molar-refractivity contribution in [3.05, 3.63) is 35.9 Å². The number of carbonyl (C=O) groups is 4. The van der Waals surface area contributed by atoms with Gasteiger partial charge in [0.15, 0.2) is 11.6 Å². The highest BCUT2D eigenvalue weighted by atomic mass is 16.5. The van der Waals surface area contributed by atoms with Crippen molar-refractivity contribution in [2.24, 2.45) is 11.8 Å². The molecule has 3 N–H and O–H groups in total. The van der Waals surface area contributed by atoms with Gasteiger partial charge in [-0.2, -0.15) is 0 Å². The quantitative estimate of drug-likeness (QED) is 0.313. The molecule has 0 aromatic heterocycles. The Morgan fingerprint density at radius 1 is 0.900 bits per heavy atom. The number of aliphatic carboxylic acids is 1. The molecule has 0 radical (unpaired) electrons. The molecular weight excluding hydrogens is 388 g/mol. The highest BCUT2D eigenvalue weighted by Crippen LogP contribution is 2.14. The number of hydrogen-bond acceptors (Lipinski definition) is 7. The maximum Gasteiger partial charge on any atom is 0.315 e. The third kappa shape index (κ3) is 7.35. The number of nitrogens with one attached hydrogen (secondary N) is 2. The molecule has 0 saturated heterocycles. The van der Waals surface area contributed by atoms with E-state index in [1.807, 2.05) is 18.2 Å². The predicted octanol–water partition coefficient (Wildman–Crippen LogP) is 3.21. The molecule has 1 rings (SSSR count). The third-order valence-corrected chi connectivity index (χ3v) is 4.73. The summed E-state index contributed by atoms with van der Waals surface area (Å²) < 4.78 is 5.22. The molecule has 2 atom stereocenters. The first kappa shape index (κ1) is 24.9. The van der Waals surface area contributed by atoms with Gasteiger partial charge in [0, 0.05) is 12.8 Å². The summed E-state index contributed by atoms with van der Waals surface area (Å²) in [4.78, 5) is 47.6. The topological polar surface area (TPSA) is 145 Å². The molecular formula is C22H28N2O6. The van der Waals surface area contributed by atoms with Gasteiger partial charge in [-0.25, -0.2) is 0 Å². The lowest BCUT2D eigenvalue weighted by Gasteiger charge is -2.15. The maximum absolute atomic E-state index is 12.3. The molecule has 1 aromatic carbocycles. The van der Waals surface area contributed by atoms with Crippen LogP contribution >= 0.6 is 0 Å². The Labute approximate surface area is 175 Å². The van der Waals surface area contributed by atoms with Crippen LogP contribution in [0.15, 0.2) is 30.3 Å². The lowest BCUT2D eigenvalue weighted by Crippen LogP contribution is -2.31. The molecule has 0 aliphatic carbocycles. The number of carboxylic acids is 1. The van der Waals surface area contributed by atoms with E-state index >= 15 is 0 Å². The molecule has 0 saturated carbocycles. The summed E-state index contributed by atoms with van der Waals surface area (Å²) in [6, 6.07) is 9.06. The lowest BCUT2D eigenvalue weighted by molar-refractivity contribution is -0.148. The second-order valence-electron chi connectivity index (χ2n) is 6.88. The van der Waals surface area contributed by atoms with Crippen LogP contribution in [0.3, 0.4) is 0 Å². The number of Topliss-reactive ketones (excluding diaryl/α,β-unsaturated/α-hetero) is 2. The van der Waals surface area contributed by atoms with Crippen LogP contribution in [0.25, 0.3) is 0 Å². The zero-order valence-corrected chi connectivity index (χ0v) is 17.3. The van der Waals surface area contributed by atoms with E-state index in [-0.39, 0.29) is 44.4 Å². The summed E-state index contributed by atoms with van der Waals surface area (Å²) in [6.45, 7) is 3.31. The average Bonchev–Trinajstić information content (AvgIpc) is 2.73. The Balaban J connectivity index is 2.53. The third-order valence-electron chi connectivity index (χ3n) is 4.73. The number of carbonyl (C=O) groups excluding carboxylic acids is 3. The monoisotopic (exact) mass is 416 g/mol. The van der Waals surface area contributed by atoms with E-state index in [0.717, 1.165) is 5.56 Å². The van der Waals surface area contributed by atoms with E-state index < -0.39 is 41.1 Å². The Hall–Kier alpha value is -3.16. The molecule has 8 heteroatoms. The van der Waals surface area contributed by atoms with Crippen molar-refractivity contribution in [2.75, 3.05) is 0 Å². The fraction of sp³-hybridized carbons (Fsp3) is 0.455. The molecule has 0 fully saturated rings. The van der Waals surface area contributed by atoms with Crippen molar-refractivity contribution in [1.29, 1.82) is 10.8 Å². The van der Waals surface area contributed by atoms with Crippen LogP contribution in [0.2, 0.25) is 0 Å². The summed E-state index contributed by atoms with van der Waals surface area (Å²) in [5.41, 5.74) is -0.0511. The van der Waals surface area contributed by atoms with Gasteiger partial charge in [-0.05, 0) is 24.8 Å². The number of carboxylic acid groups (broad SMARTS) is 1. The Bertz CT molecular complexity index is 803. The van der Waals surface area contributed by atoms with E-state index in [1.165, 1.54) is 0 Å². The van der Waals surface area contributed by atoms with Crippen LogP contribution in [0.5, 0.6) is 0 Å². The number of ether oxygens (including phenoxy) is 1. The van der Waals surface area contributed by atoms with Crippen LogP contribution in [-0.4, -0.2) is 40.0 Å². The highest BCUT2D eigenvalue weighted by molar-refractivity contribution is 6.43. The number of benzene rings is 1. The fourth-order valence-electron chi connectivity index (χ4n) is 2.89.